The first-order chi connectivity index (χ1) is 8.51. The summed E-state index contributed by atoms with van der Waals surface area (Å²) in [4.78, 5) is 0. The lowest BCUT2D eigenvalue weighted by Crippen LogP contribution is -2.35. The van der Waals surface area contributed by atoms with Crippen LogP contribution in [0.5, 0.6) is 0 Å². The molecular formula is C13H15BN2O2. The number of hydrogen-bond acceptors (Lipinski definition) is 3. The van der Waals surface area contributed by atoms with Gasteiger partial charge in [-0.3, -0.25) is 5.10 Å². The van der Waals surface area contributed by atoms with Gasteiger partial charge in [0.2, 0.25) is 0 Å². The Labute approximate surface area is 106 Å². The number of nitrogens with zero attached hydrogens (tertiary/aromatic N) is 1. The van der Waals surface area contributed by atoms with Gasteiger partial charge in [0.1, 0.15) is 0 Å². The van der Waals surface area contributed by atoms with E-state index < -0.39 is 0 Å². The average molecular weight is 242 g/mol. The van der Waals surface area contributed by atoms with E-state index in [1.165, 1.54) is 0 Å². The summed E-state index contributed by atoms with van der Waals surface area (Å²) in [6.07, 6.45) is 0.990. The molecule has 0 spiro atoms. The molecule has 0 bridgehead atoms. The Balaban J connectivity index is 1.73. The summed E-state index contributed by atoms with van der Waals surface area (Å²) in [5.74, 6) is 0. The fourth-order valence-electron chi connectivity index (χ4n) is 2.87. The van der Waals surface area contributed by atoms with E-state index in [1.807, 2.05) is 19.1 Å². The number of hydrogen-bond donors (Lipinski definition) is 1. The van der Waals surface area contributed by atoms with E-state index in [9.17, 15) is 0 Å². The van der Waals surface area contributed by atoms with Gasteiger partial charge in [0.15, 0.2) is 0 Å². The third-order valence-electron chi connectivity index (χ3n) is 4.44. The fraction of sp³-hybridized carbons (Fsp3) is 0.462. The predicted molar refractivity (Wildman–Crippen MR) is 69.8 cm³/mol. The van der Waals surface area contributed by atoms with Gasteiger partial charge in [-0.2, -0.15) is 5.10 Å². The van der Waals surface area contributed by atoms with Gasteiger partial charge in [0.05, 0.1) is 16.7 Å². The van der Waals surface area contributed by atoms with Crippen LogP contribution in [0.2, 0.25) is 0 Å². The van der Waals surface area contributed by atoms with Crippen molar-refractivity contribution in [3.8, 4) is 0 Å². The summed E-state index contributed by atoms with van der Waals surface area (Å²) in [7, 11) is -0.243. The maximum Gasteiger partial charge on any atom is 0.494 e. The monoisotopic (exact) mass is 242 g/mol. The smallest absolute Gasteiger partial charge is 0.399 e. The van der Waals surface area contributed by atoms with Crippen LogP contribution in [0.15, 0.2) is 18.2 Å². The highest BCUT2D eigenvalue weighted by Gasteiger charge is 2.71. The molecule has 1 saturated heterocycles. The van der Waals surface area contributed by atoms with E-state index in [0.29, 0.717) is 0 Å². The lowest BCUT2D eigenvalue weighted by atomic mass is 9.78. The van der Waals surface area contributed by atoms with Gasteiger partial charge in [-0.05, 0) is 32.3 Å². The van der Waals surface area contributed by atoms with Crippen molar-refractivity contribution in [1.82, 2.24) is 10.2 Å². The molecule has 18 heavy (non-hydrogen) atoms. The molecule has 0 amide bonds. The molecule has 2 aliphatic rings. The van der Waals surface area contributed by atoms with Crippen molar-refractivity contribution in [2.24, 2.45) is 0 Å². The third kappa shape index (κ3) is 1.21. The van der Waals surface area contributed by atoms with Crippen LogP contribution in [0.3, 0.4) is 0 Å². The van der Waals surface area contributed by atoms with Gasteiger partial charge in [-0.1, -0.05) is 12.1 Å². The molecule has 1 N–H and O–H groups in total. The average Bonchev–Trinajstić information content (AvgIpc) is 2.62. The highest BCUT2D eigenvalue weighted by molar-refractivity contribution is 6.62. The van der Waals surface area contributed by atoms with Crippen LogP contribution in [0.25, 0.3) is 10.9 Å². The minimum atomic E-state index is -0.243. The van der Waals surface area contributed by atoms with E-state index in [1.54, 1.807) is 0 Å². The Morgan fingerprint density at radius 1 is 1.28 bits per heavy atom. The number of aryl methyl sites for hydroxylation is 1. The minimum Gasteiger partial charge on any atom is -0.399 e. The molecule has 2 atom stereocenters. The zero-order valence-corrected chi connectivity index (χ0v) is 10.8. The quantitative estimate of drug-likeness (QED) is 0.771. The van der Waals surface area contributed by atoms with Gasteiger partial charge < -0.3 is 9.31 Å². The molecule has 1 saturated carbocycles. The summed E-state index contributed by atoms with van der Waals surface area (Å²) in [5, 5.41) is 8.36. The number of benzene rings is 1. The summed E-state index contributed by atoms with van der Waals surface area (Å²) < 4.78 is 12.0. The Bertz CT molecular complexity index is 639. The highest BCUT2D eigenvalue weighted by Crippen LogP contribution is 2.58. The van der Waals surface area contributed by atoms with E-state index >= 15 is 0 Å². The summed E-state index contributed by atoms with van der Waals surface area (Å²) in [6.45, 7) is 6.26. The Kier molecular flexibility index (Phi) is 1.75. The second-order valence-corrected chi connectivity index (χ2v) is 5.83. The number of aromatic nitrogens is 2. The first-order valence-electron chi connectivity index (χ1n) is 6.31. The van der Waals surface area contributed by atoms with Gasteiger partial charge in [-0.25, -0.2) is 0 Å². The van der Waals surface area contributed by atoms with Crippen LogP contribution in [-0.2, 0) is 9.31 Å². The predicted octanol–water partition coefficient (Wildman–Crippen LogP) is 1.53. The van der Waals surface area contributed by atoms with Gasteiger partial charge in [0.25, 0.3) is 0 Å². The molecule has 2 fully saturated rings. The molecule has 2 unspecified atom stereocenters. The van der Waals surface area contributed by atoms with Crippen LogP contribution >= 0.6 is 0 Å². The first kappa shape index (κ1) is 10.6. The van der Waals surface area contributed by atoms with Crippen molar-refractivity contribution >= 4 is 23.5 Å². The van der Waals surface area contributed by atoms with E-state index in [4.69, 9.17) is 9.31 Å². The lowest BCUT2D eigenvalue weighted by Gasteiger charge is -2.10. The number of fused-ring (bicyclic) bond motifs is 2. The topological polar surface area (TPSA) is 47.1 Å². The Morgan fingerprint density at radius 3 is 2.72 bits per heavy atom. The molecule has 2 aromatic rings. The lowest BCUT2D eigenvalue weighted by molar-refractivity contribution is 0.187. The molecule has 1 aromatic carbocycles. The van der Waals surface area contributed by atoms with E-state index in [-0.39, 0.29) is 18.3 Å². The van der Waals surface area contributed by atoms with Crippen molar-refractivity contribution in [2.75, 3.05) is 0 Å². The number of rotatable bonds is 1. The normalized spacial score (nSPS) is 34.1. The Morgan fingerprint density at radius 2 is 2.00 bits per heavy atom. The molecule has 92 valence electrons. The second kappa shape index (κ2) is 2.98. The van der Waals surface area contributed by atoms with Crippen LogP contribution in [0.1, 0.15) is 26.0 Å². The summed E-state index contributed by atoms with van der Waals surface area (Å²) in [5.41, 5.74) is 2.93. The maximum absolute atomic E-state index is 6.02. The van der Waals surface area contributed by atoms with Crippen LogP contribution < -0.4 is 5.46 Å². The molecule has 1 aliphatic heterocycles. The molecule has 1 aliphatic carbocycles. The standard InChI is InChI=1S/C13H15BN2O2/c1-8-10-6-9(4-5-11(10)16-15-8)14-17-12(2)7-13(12,3)18-14/h4-6H,7H2,1-3H3,(H,15,16). The number of H-pyrrole nitrogens is 1. The maximum atomic E-state index is 6.02. The van der Waals surface area contributed by atoms with Gasteiger partial charge >= 0.3 is 7.12 Å². The fourth-order valence-corrected chi connectivity index (χ4v) is 2.87. The van der Waals surface area contributed by atoms with E-state index in [2.05, 4.69) is 30.1 Å². The van der Waals surface area contributed by atoms with Crippen molar-refractivity contribution < 1.29 is 9.31 Å². The number of nitrogens with one attached hydrogen (secondary N) is 1. The Hall–Kier alpha value is -1.33. The van der Waals surface area contributed by atoms with Gasteiger partial charge in [0, 0.05) is 17.5 Å². The van der Waals surface area contributed by atoms with Crippen molar-refractivity contribution in [2.45, 2.75) is 38.4 Å². The van der Waals surface area contributed by atoms with Crippen LogP contribution in [-0.4, -0.2) is 28.5 Å². The van der Waals surface area contributed by atoms with Crippen molar-refractivity contribution in [3.63, 3.8) is 0 Å². The molecule has 1 aromatic heterocycles. The first-order valence-corrected chi connectivity index (χ1v) is 6.31. The second-order valence-electron chi connectivity index (χ2n) is 5.83. The zero-order chi connectivity index (χ0) is 12.5. The minimum absolute atomic E-state index is 0.0991. The van der Waals surface area contributed by atoms with Crippen molar-refractivity contribution in [3.05, 3.63) is 23.9 Å². The van der Waals surface area contributed by atoms with Crippen molar-refractivity contribution in [1.29, 1.82) is 0 Å². The summed E-state index contributed by atoms with van der Waals surface area (Å²) >= 11 is 0. The largest absolute Gasteiger partial charge is 0.494 e. The highest BCUT2D eigenvalue weighted by atomic mass is 16.7. The van der Waals surface area contributed by atoms with Gasteiger partial charge in [-0.15, -0.1) is 0 Å². The van der Waals surface area contributed by atoms with Crippen LogP contribution in [0.4, 0.5) is 0 Å². The molecule has 5 heteroatoms. The zero-order valence-electron chi connectivity index (χ0n) is 10.8. The molecule has 4 nitrogen and oxygen atoms in total. The molecule has 0 radical (unpaired) electrons. The number of aromatic amines is 1. The van der Waals surface area contributed by atoms with E-state index in [0.717, 1.165) is 28.5 Å². The van der Waals surface area contributed by atoms with Crippen LogP contribution in [0, 0.1) is 6.92 Å². The molecular weight excluding hydrogens is 227 g/mol. The molecule has 2 heterocycles. The molecule has 4 rings (SSSR count). The SMILES string of the molecule is Cc1[nH]nc2ccc(B3OC4(C)CC4(C)O3)cc12. The third-order valence-corrected chi connectivity index (χ3v) is 4.44. The summed E-state index contributed by atoms with van der Waals surface area (Å²) in [6, 6.07) is 6.15.